The fraction of sp³-hybridized carbons (Fsp3) is 0.533. The van der Waals surface area contributed by atoms with E-state index in [1.807, 2.05) is 17.0 Å². The molecule has 1 aromatic rings. The molecule has 0 bridgehead atoms. The molecule has 0 saturated heterocycles. The van der Waals surface area contributed by atoms with Crippen molar-refractivity contribution in [3.8, 4) is 11.5 Å². The number of aliphatic imine (C=N–C) groups is 1. The second kappa shape index (κ2) is 7.41. The number of benzene rings is 1. The molecule has 1 heterocycles. The summed E-state index contributed by atoms with van der Waals surface area (Å²) in [5, 5.41) is 0.556. The van der Waals surface area contributed by atoms with Crippen LogP contribution in [0.3, 0.4) is 0 Å². The van der Waals surface area contributed by atoms with Gasteiger partial charge in [0.2, 0.25) is 0 Å². The van der Waals surface area contributed by atoms with Gasteiger partial charge in [-0.25, -0.2) is 4.99 Å². The van der Waals surface area contributed by atoms with Gasteiger partial charge in [0, 0.05) is 19.5 Å². The van der Waals surface area contributed by atoms with Crippen LogP contribution >= 0.6 is 11.6 Å². The third kappa shape index (κ3) is 3.94. The van der Waals surface area contributed by atoms with Crippen LogP contribution in [0, 0.1) is 0 Å². The molecule has 0 spiro atoms. The van der Waals surface area contributed by atoms with Crippen LogP contribution in [-0.4, -0.2) is 37.2 Å². The van der Waals surface area contributed by atoms with Crippen molar-refractivity contribution in [2.24, 2.45) is 10.7 Å². The van der Waals surface area contributed by atoms with E-state index in [1.165, 1.54) is 0 Å². The lowest BCUT2D eigenvalue weighted by molar-refractivity contribution is 0.297. The zero-order chi connectivity index (χ0) is 15.2. The molecule has 1 aromatic carbocycles. The van der Waals surface area contributed by atoms with Gasteiger partial charge in [0.05, 0.1) is 24.8 Å². The van der Waals surface area contributed by atoms with Crippen LogP contribution in [0.5, 0.6) is 11.5 Å². The number of hydrogen-bond acceptors (Lipinski definition) is 3. The minimum absolute atomic E-state index is 0.471. The molecule has 0 atom stereocenters. The number of rotatable bonds is 4. The molecule has 5 nitrogen and oxygen atoms in total. The summed E-state index contributed by atoms with van der Waals surface area (Å²) in [6, 6.07) is 3.78. The van der Waals surface area contributed by atoms with E-state index in [1.54, 1.807) is 0 Å². The maximum absolute atomic E-state index is 6.26. The lowest BCUT2D eigenvalue weighted by Crippen LogP contribution is -2.37. The van der Waals surface area contributed by atoms with Crippen LogP contribution in [0.1, 0.15) is 25.8 Å². The molecular weight excluding hydrogens is 290 g/mol. The van der Waals surface area contributed by atoms with Crippen molar-refractivity contribution in [1.82, 2.24) is 4.90 Å². The molecule has 0 aliphatic carbocycles. The molecule has 0 saturated carbocycles. The summed E-state index contributed by atoms with van der Waals surface area (Å²) in [7, 11) is 0. The van der Waals surface area contributed by atoms with Crippen molar-refractivity contribution in [2.45, 2.75) is 26.8 Å². The SMILES string of the molecule is CCN(CC)C(N)=NCc1cc(Cl)c2c(c1)OCCCO2. The molecule has 0 unspecified atom stereocenters. The van der Waals surface area contributed by atoms with Crippen LogP contribution < -0.4 is 15.2 Å². The summed E-state index contributed by atoms with van der Waals surface area (Å²) in [5.74, 6) is 1.86. The molecule has 1 aliphatic rings. The molecule has 2 N–H and O–H groups in total. The average Bonchev–Trinajstić information content (AvgIpc) is 2.72. The quantitative estimate of drug-likeness (QED) is 0.686. The Balaban J connectivity index is 2.16. The maximum atomic E-state index is 6.26. The van der Waals surface area contributed by atoms with E-state index in [4.69, 9.17) is 26.8 Å². The van der Waals surface area contributed by atoms with Gasteiger partial charge in [0.1, 0.15) is 0 Å². The number of nitrogens with zero attached hydrogens (tertiary/aromatic N) is 2. The highest BCUT2D eigenvalue weighted by atomic mass is 35.5. The van der Waals surface area contributed by atoms with E-state index in [2.05, 4.69) is 18.8 Å². The summed E-state index contributed by atoms with van der Waals surface area (Å²) in [6.07, 6.45) is 0.855. The Morgan fingerprint density at radius 2 is 2.00 bits per heavy atom. The first kappa shape index (κ1) is 15.8. The summed E-state index contributed by atoms with van der Waals surface area (Å²) >= 11 is 6.26. The Kier molecular flexibility index (Phi) is 5.56. The monoisotopic (exact) mass is 311 g/mol. The highest BCUT2D eigenvalue weighted by Crippen LogP contribution is 2.38. The second-order valence-corrected chi connectivity index (χ2v) is 5.21. The third-order valence-electron chi connectivity index (χ3n) is 3.37. The first-order chi connectivity index (χ1) is 10.2. The Bertz CT molecular complexity index is 516. The molecule has 1 aliphatic heterocycles. The van der Waals surface area contributed by atoms with Crippen molar-refractivity contribution in [2.75, 3.05) is 26.3 Å². The van der Waals surface area contributed by atoms with Gasteiger partial charge in [-0.3, -0.25) is 0 Å². The molecular formula is C15H22ClN3O2. The van der Waals surface area contributed by atoms with E-state index in [9.17, 15) is 0 Å². The average molecular weight is 312 g/mol. The predicted octanol–water partition coefficient (Wildman–Crippen LogP) is 2.66. The normalized spacial score (nSPS) is 14.7. The highest BCUT2D eigenvalue weighted by Gasteiger charge is 2.15. The minimum Gasteiger partial charge on any atom is -0.489 e. The van der Waals surface area contributed by atoms with E-state index >= 15 is 0 Å². The predicted molar refractivity (Wildman–Crippen MR) is 85.3 cm³/mol. The van der Waals surface area contributed by atoms with E-state index in [0.29, 0.717) is 42.2 Å². The van der Waals surface area contributed by atoms with Crippen molar-refractivity contribution < 1.29 is 9.47 Å². The number of ether oxygens (including phenoxy) is 2. The van der Waals surface area contributed by atoms with Crippen LogP contribution in [0.25, 0.3) is 0 Å². The van der Waals surface area contributed by atoms with Gasteiger partial charge in [-0.05, 0) is 31.5 Å². The van der Waals surface area contributed by atoms with Crippen molar-refractivity contribution in [1.29, 1.82) is 0 Å². The van der Waals surface area contributed by atoms with Gasteiger partial charge >= 0.3 is 0 Å². The zero-order valence-electron chi connectivity index (χ0n) is 12.6. The minimum atomic E-state index is 0.471. The Morgan fingerprint density at radius 3 is 2.71 bits per heavy atom. The molecule has 0 radical (unpaired) electrons. The third-order valence-corrected chi connectivity index (χ3v) is 3.65. The number of nitrogens with two attached hydrogens (primary N) is 1. The van der Waals surface area contributed by atoms with Crippen molar-refractivity contribution in [3.63, 3.8) is 0 Å². The summed E-state index contributed by atoms with van der Waals surface area (Å²) in [6.45, 7) is 7.52. The van der Waals surface area contributed by atoms with Gasteiger partial charge in [0.25, 0.3) is 0 Å². The lowest BCUT2D eigenvalue weighted by Gasteiger charge is -2.19. The Labute approximate surface area is 130 Å². The van der Waals surface area contributed by atoms with Crippen LogP contribution in [-0.2, 0) is 6.54 Å². The summed E-state index contributed by atoms with van der Waals surface area (Å²) in [5.41, 5.74) is 6.93. The van der Waals surface area contributed by atoms with Gasteiger partial charge in [0.15, 0.2) is 17.5 Å². The number of hydrogen-bond donors (Lipinski definition) is 1. The van der Waals surface area contributed by atoms with Gasteiger partial charge in [-0.2, -0.15) is 0 Å². The van der Waals surface area contributed by atoms with Crippen LogP contribution in [0.4, 0.5) is 0 Å². The van der Waals surface area contributed by atoms with Crippen molar-refractivity contribution in [3.05, 3.63) is 22.7 Å². The maximum Gasteiger partial charge on any atom is 0.191 e. The van der Waals surface area contributed by atoms with Crippen LogP contribution in [0.2, 0.25) is 5.02 Å². The van der Waals surface area contributed by atoms with Crippen molar-refractivity contribution >= 4 is 17.6 Å². The second-order valence-electron chi connectivity index (χ2n) is 4.80. The molecule has 0 aromatic heterocycles. The molecule has 21 heavy (non-hydrogen) atoms. The molecule has 0 amide bonds. The first-order valence-corrected chi connectivity index (χ1v) is 7.66. The molecule has 2 rings (SSSR count). The van der Waals surface area contributed by atoms with Gasteiger partial charge < -0.3 is 20.1 Å². The standard InChI is InChI=1S/C15H22ClN3O2/c1-3-19(4-2)15(17)18-10-11-8-12(16)14-13(9-11)20-6-5-7-21-14/h8-9H,3-7,10H2,1-2H3,(H2,17,18). The number of guanidine groups is 1. The lowest BCUT2D eigenvalue weighted by atomic mass is 10.2. The number of halogens is 1. The Morgan fingerprint density at radius 1 is 1.29 bits per heavy atom. The van der Waals surface area contributed by atoms with E-state index < -0.39 is 0 Å². The number of fused-ring (bicyclic) bond motifs is 1. The highest BCUT2D eigenvalue weighted by molar-refractivity contribution is 6.32. The van der Waals surface area contributed by atoms with E-state index in [0.717, 1.165) is 25.1 Å². The molecule has 0 fully saturated rings. The smallest absolute Gasteiger partial charge is 0.191 e. The zero-order valence-corrected chi connectivity index (χ0v) is 13.3. The fourth-order valence-electron chi connectivity index (χ4n) is 2.20. The topological polar surface area (TPSA) is 60.1 Å². The Hall–Kier alpha value is -1.62. The molecule has 6 heteroatoms. The largest absolute Gasteiger partial charge is 0.489 e. The van der Waals surface area contributed by atoms with Crippen LogP contribution in [0.15, 0.2) is 17.1 Å². The van der Waals surface area contributed by atoms with E-state index in [-0.39, 0.29) is 0 Å². The molecule has 116 valence electrons. The fourth-order valence-corrected chi connectivity index (χ4v) is 2.48. The first-order valence-electron chi connectivity index (χ1n) is 7.28. The summed E-state index contributed by atoms with van der Waals surface area (Å²) in [4.78, 5) is 6.42. The van der Waals surface area contributed by atoms with Gasteiger partial charge in [-0.1, -0.05) is 11.6 Å². The van der Waals surface area contributed by atoms with Gasteiger partial charge in [-0.15, -0.1) is 0 Å². The summed E-state index contributed by atoms with van der Waals surface area (Å²) < 4.78 is 11.3.